The van der Waals surface area contributed by atoms with E-state index in [1.807, 2.05) is 0 Å². The molecule has 0 aromatic rings. The van der Waals surface area contributed by atoms with E-state index in [0.717, 1.165) is 61.7 Å². The minimum absolute atomic E-state index is 0.0735. The molecule has 0 unspecified atom stereocenters. The third kappa shape index (κ3) is 3.34. The van der Waals surface area contributed by atoms with Gasteiger partial charge in [-0.25, -0.2) is 0 Å². The number of rotatable bonds is 5. The quantitative estimate of drug-likeness (QED) is 0.543. The molecule has 0 aromatic heterocycles. The predicted molar refractivity (Wildman–Crippen MR) is 121 cm³/mol. The van der Waals surface area contributed by atoms with Gasteiger partial charge < -0.3 is 10.2 Å². The van der Waals surface area contributed by atoms with Gasteiger partial charge in [0.15, 0.2) is 0 Å². The molecule has 4 saturated carbocycles. The van der Waals surface area contributed by atoms with Crippen LogP contribution in [0.3, 0.4) is 0 Å². The lowest BCUT2D eigenvalue weighted by Gasteiger charge is -2.64. The Bertz CT molecular complexity index is 587. The average molecular weight is 405 g/mol. The lowest BCUT2D eigenvalue weighted by atomic mass is 9.42. The zero-order valence-corrected chi connectivity index (χ0v) is 19.9. The Kier molecular flexibility index (Phi) is 5.95. The third-order valence-corrected chi connectivity index (χ3v) is 11.0. The number of fused-ring (bicyclic) bond motifs is 5. The first kappa shape index (κ1) is 22.1. The molecule has 4 fully saturated rings. The predicted octanol–water partition coefficient (Wildman–Crippen LogP) is 6.58. The molecule has 0 saturated heterocycles. The smallest absolute Gasteiger partial charge is 0.0961 e. The van der Waals surface area contributed by atoms with Gasteiger partial charge in [0.05, 0.1) is 11.7 Å². The highest BCUT2D eigenvalue weighted by atomic mass is 16.3. The van der Waals surface area contributed by atoms with Crippen LogP contribution in [0.2, 0.25) is 0 Å². The summed E-state index contributed by atoms with van der Waals surface area (Å²) in [6.45, 7) is 12.2. The normalized spacial score (nSPS) is 50.7. The highest BCUT2D eigenvalue weighted by molar-refractivity contribution is 5.15. The molecule has 0 spiro atoms. The third-order valence-electron chi connectivity index (χ3n) is 11.0. The molecule has 168 valence electrons. The molecule has 29 heavy (non-hydrogen) atoms. The van der Waals surface area contributed by atoms with Crippen molar-refractivity contribution in [2.24, 2.45) is 46.3 Å². The number of hydrogen-bond acceptors (Lipinski definition) is 2. The summed E-state index contributed by atoms with van der Waals surface area (Å²) >= 11 is 0. The van der Waals surface area contributed by atoms with Crippen LogP contribution in [-0.2, 0) is 0 Å². The maximum Gasteiger partial charge on any atom is 0.0961 e. The lowest BCUT2D eigenvalue weighted by molar-refractivity contribution is -0.246. The van der Waals surface area contributed by atoms with Gasteiger partial charge in [-0.05, 0) is 92.3 Å². The van der Waals surface area contributed by atoms with E-state index in [1.165, 1.54) is 44.9 Å². The fourth-order valence-corrected chi connectivity index (χ4v) is 9.35. The maximum absolute atomic E-state index is 11.6. The van der Waals surface area contributed by atoms with Gasteiger partial charge in [-0.1, -0.05) is 60.3 Å². The van der Waals surface area contributed by atoms with Gasteiger partial charge in [0, 0.05) is 5.41 Å². The van der Waals surface area contributed by atoms with E-state index in [4.69, 9.17) is 0 Å². The molecule has 2 heteroatoms. The Morgan fingerprint density at radius 3 is 2.34 bits per heavy atom. The Morgan fingerprint density at radius 1 is 0.862 bits per heavy atom. The second-order valence-electron chi connectivity index (χ2n) is 12.7. The molecule has 0 aliphatic heterocycles. The Labute approximate surface area is 180 Å². The highest BCUT2D eigenvalue weighted by Gasteiger charge is 2.65. The Hall–Kier alpha value is -0.0800. The van der Waals surface area contributed by atoms with Crippen molar-refractivity contribution in [1.82, 2.24) is 0 Å². The highest BCUT2D eigenvalue weighted by Crippen LogP contribution is 2.69. The average Bonchev–Trinajstić information content (AvgIpc) is 3.01. The zero-order valence-electron chi connectivity index (χ0n) is 19.9. The van der Waals surface area contributed by atoms with E-state index >= 15 is 0 Å². The summed E-state index contributed by atoms with van der Waals surface area (Å²) in [4.78, 5) is 0. The van der Waals surface area contributed by atoms with Crippen LogP contribution in [0.5, 0.6) is 0 Å². The van der Waals surface area contributed by atoms with Crippen molar-refractivity contribution < 1.29 is 10.2 Å². The summed E-state index contributed by atoms with van der Waals surface area (Å²) < 4.78 is 0. The molecule has 0 amide bonds. The van der Waals surface area contributed by atoms with Crippen molar-refractivity contribution in [3.63, 3.8) is 0 Å². The van der Waals surface area contributed by atoms with Crippen LogP contribution in [0.15, 0.2) is 0 Å². The molecule has 0 aromatic carbocycles. The van der Waals surface area contributed by atoms with Crippen LogP contribution in [0.1, 0.15) is 112 Å². The standard InChI is InChI=1S/C27H48O2/c1-18(2)8-6-9-19(3)21-11-12-22-20-13-17-27(29)24(28)10-7-15-26(27,5)23(20)14-16-25(21,22)4/h18-24,28-29H,6-17H2,1-5H3/t19-,20+,21+,22-,23-,24-,25+,26-,27+/m1/s1. The minimum Gasteiger partial charge on any atom is -0.390 e. The maximum atomic E-state index is 11.6. The number of aliphatic hydroxyl groups excluding tert-OH is 1. The van der Waals surface area contributed by atoms with Crippen molar-refractivity contribution >= 4 is 0 Å². The monoisotopic (exact) mass is 404 g/mol. The molecule has 0 radical (unpaired) electrons. The van der Waals surface area contributed by atoms with E-state index in [2.05, 4.69) is 34.6 Å². The number of aliphatic hydroxyl groups is 2. The van der Waals surface area contributed by atoms with Crippen LogP contribution >= 0.6 is 0 Å². The molecule has 0 bridgehead atoms. The van der Waals surface area contributed by atoms with Gasteiger partial charge in [0.25, 0.3) is 0 Å². The van der Waals surface area contributed by atoms with Crippen LogP contribution in [0, 0.1) is 46.3 Å². The van der Waals surface area contributed by atoms with E-state index in [1.54, 1.807) is 0 Å². The van der Waals surface area contributed by atoms with E-state index < -0.39 is 11.7 Å². The molecule has 2 N–H and O–H groups in total. The van der Waals surface area contributed by atoms with Crippen LogP contribution in [0.25, 0.3) is 0 Å². The number of hydrogen-bond donors (Lipinski definition) is 2. The fourth-order valence-electron chi connectivity index (χ4n) is 9.35. The summed E-state index contributed by atoms with van der Waals surface area (Å²) in [5.41, 5.74) is -0.393. The first-order valence-electron chi connectivity index (χ1n) is 13.0. The summed E-state index contributed by atoms with van der Waals surface area (Å²) in [6.07, 6.45) is 14.1. The summed E-state index contributed by atoms with van der Waals surface area (Å²) in [7, 11) is 0. The molecule has 4 rings (SSSR count). The fraction of sp³-hybridized carbons (Fsp3) is 1.00. The molecule has 2 nitrogen and oxygen atoms in total. The molecule has 0 heterocycles. The molecular weight excluding hydrogens is 356 g/mol. The molecule has 4 aliphatic carbocycles. The van der Waals surface area contributed by atoms with Crippen LogP contribution in [0.4, 0.5) is 0 Å². The Balaban J connectivity index is 1.51. The summed E-state index contributed by atoms with van der Waals surface area (Å²) in [6, 6.07) is 0. The minimum atomic E-state index is -0.831. The Morgan fingerprint density at radius 2 is 1.62 bits per heavy atom. The largest absolute Gasteiger partial charge is 0.390 e. The van der Waals surface area contributed by atoms with Crippen molar-refractivity contribution in [2.75, 3.05) is 0 Å². The lowest BCUT2D eigenvalue weighted by Crippen LogP contribution is -2.66. The zero-order chi connectivity index (χ0) is 21.0. The van der Waals surface area contributed by atoms with Gasteiger partial charge in [0.2, 0.25) is 0 Å². The molecule has 9 atom stereocenters. The van der Waals surface area contributed by atoms with Gasteiger partial charge in [-0.3, -0.25) is 0 Å². The van der Waals surface area contributed by atoms with Crippen LogP contribution < -0.4 is 0 Å². The SMILES string of the molecule is CC(C)CCC[C@@H](C)[C@@H]1CC[C@@H]2[C@@H]3CC[C@]4(O)[C@H](O)CCC[C@]4(C)[C@@H]3CC[C@]21C. The second-order valence-corrected chi connectivity index (χ2v) is 12.7. The summed E-state index contributed by atoms with van der Waals surface area (Å²) in [5, 5.41) is 22.3. The van der Waals surface area contributed by atoms with Crippen LogP contribution in [-0.4, -0.2) is 21.9 Å². The topological polar surface area (TPSA) is 40.5 Å². The van der Waals surface area contributed by atoms with E-state index in [-0.39, 0.29) is 5.41 Å². The molecular formula is C27H48O2. The van der Waals surface area contributed by atoms with Gasteiger partial charge in [-0.2, -0.15) is 0 Å². The van der Waals surface area contributed by atoms with Crippen molar-refractivity contribution in [1.29, 1.82) is 0 Å². The van der Waals surface area contributed by atoms with Crippen molar-refractivity contribution in [3.05, 3.63) is 0 Å². The second kappa shape index (κ2) is 7.80. The van der Waals surface area contributed by atoms with Crippen molar-refractivity contribution in [3.8, 4) is 0 Å². The van der Waals surface area contributed by atoms with Crippen molar-refractivity contribution in [2.45, 2.75) is 123 Å². The van der Waals surface area contributed by atoms with E-state index in [0.29, 0.717) is 11.3 Å². The summed E-state index contributed by atoms with van der Waals surface area (Å²) in [5.74, 6) is 4.82. The van der Waals surface area contributed by atoms with Gasteiger partial charge in [0.1, 0.15) is 0 Å². The molecule has 4 aliphatic rings. The van der Waals surface area contributed by atoms with Gasteiger partial charge >= 0.3 is 0 Å². The van der Waals surface area contributed by atoms with E-state index in [9.17, 15) is 10.2 Å². The van der Waals surface area contributed by atoms with Gasteiger partial charge in [-0.15, -0.1) is 0 Å². The first-order valence-corrected chi connectivity index (χ1v) is 13.0. The first-order chi connectivity index (χ1) is 13.6.